The van der Waals surface area contributed by atoms with Crippen molar-refractivity contribution in [3.8, 4) is 0 Å². The van der Waals surface area contributed by atoms with Crippen LogP contribution in [0.1, 0.15) is 28.1 Å². The third-order valence-corrected chi connectivity index (χ3v) is 4.06. The van der Waals surface area contributed by atoms with Crippen LogP contribution in [0, 0.1) is 24.8 Å². The van der Waals surface area contributed by atoms with Gasteiger partial charge in [0.15, 0.2) is 0 Å². The predicted octanol–water partition coefficient (Wildman–Crippen LogP) is 1.57. The molecule has 0 aromatic rings. The van der Waals surface area contributed by atoms with Crippen LogP contribution < -0.4 is 4.72 Å². The fourth-order valence-corrected chi connectivity index (χ4v) is 2.68. The fraction of sp³-hybridized carbons (Fsp3) is 0.733. The molecule has 22 heavy (non-hydrogen) atoms. The first-order valence-corrected chi connectivity index (χ1v) is 8.51. The Labute approximate surface area is 165 Å². The molecule has 1 radical (unpaired) electrons. The quantitative estimate of drug-likeness (QED) is 0.398. The molecule has 0 unspecified atom stereocenters. The second-order valence-electron chi connectivity index (χ2n) is 6.02. The summed E-state index contributed by atoms with van der Waals surface area (Å²) in [6.45, 7) is 12.2. The van der Waals surface area contributed by atoms with E-state index in [-0.39, 0.29) is 56.5 Å². The van der Waals surface area contributed by atoms with Gasteiger partial charge in [-0.1, -0.05) is 38.6 Å². The summed E-state index contributed by atoms with van der Waals surface area (Å²) in [4.78, 5) is 26.7. The molecule has 1 fully saturated rings. The molecule has 1 aliphatic heterocycles. The normalized spacial score (nSPS) is 17.7. The topological polar surface area (TPSA) is 52.7 Å². The van der Waals surface area contributed by atoms with E-state index >= 15 is 0 Å². The number of amides is 2. The molecular formula is C15H27N3O2SY-2. The molecule has 0 aliphatic carbocycles. The number of hydrogen-bond acceptors (Lipinski definition) is 4. The van der Waals surface area contributed by atoms with Crippen molar-refractivity contribution in [2.75, 3.05) is 32.4 Å². The van der Waals surface area contributed by atoms with E-state index in [0.29, 0.717) is 32.5 Å². The van der Waals surface area contributed by atoms with Crippen molar-refractivity contribution in [2.45, 2.75) is 26.7 Å². The van der Waals surface area contributed by atoms with E-state index in [0.717, 1.165) is 0 Å². The van der Waals surface area contributed by atoms with Gasteiger partial charge in [0.05, 0.1) is 6.54 Å². The van der Waals surface area contributed by atoms with Crippen molar-refractivity contribution in [3.63, 3.8) is 0 Å². The van der Waals surface area contributed by atoms with Crippen LogP contribution in [0.25, 0.3) is 0 Å². The van der Waals surface area contributed by atoms with E-state index in [4.69, 9.17) is 1.37 Å². The Bertz CT molecular complexity index is 391. The van der Waals surface area contributed by atoms with Crippen LogP contribution in [-0.2, 0) is 42.3 Å². The number of carbonyl (C=O) groups excluding carboxylic acids is 2. The molecular weight excluding hydrogens is 375 g/mol. The van der Waals surface area contributed by atoms with Gasteiger partial charge in [0.2, 0.25) is 12.3 Å². The second kappa shape index (κ2) is 11.0. The van der Waals surface area contributed by atoms with Gasteiger partial charge in [-0.2, -0.15) is 5.92 Å². The summed E-state index contributed by atoms with van der Waals surface area (Å²) in [7, 11) is 0. The molecule has 0 saturated carbocycles. The van der Waals surface area contributed by atoms with Gasteiger partial charge in [-0.05, 0) is 12.8 Å². The number of nitrogens with one attached hydrogen (secondary N) is 1. The van der Waals surface area contributed by atoms with Crippen molar-refractivity contribution >= 4 is 24.2 Å². The minimum absolute atomic E-state index is 0. The van der Waals surface area contributed by atoms with Gasteiger partial charge < -0.3 is 16.7 Å². The Morgan fingerprint density at radius 2 is 2.18 bits per heavy atom. The molecule has 1 aliphatic rings. The van der Waals surface area contributed by atoms with Gasteiger partial charge in [0.1, 0.15) is 1.37 Å². The zero-order valence-corrected chi connectivity index (χ0v) is 17.5. The maximum absolute atomic E-state index is 12.3. The summed E-state index contributed by atoms with van der Waals surface area (Å²) in [6.07, 6.45) is 2.68. The van der Waals surface area contributed by atoms with Crippen LogP contribution in [0.3, 0.4) is 0 Å². The summed E-state index contributed by atoms with van der Waals surface area (Å²) in [6, 6.07) is 0. The van der Waals surface area contributed by atoms with E-state index in [1.165, 1.54) is 16.8 Å². The molecule has 0 spiro atoms. The van der Waals surface area contributed by atoms with Crippen LogP contribution in [0.5, 0.6) is 0 Å². The molecule has 1 N–H and O–H groups in total. The Balaban J connectivity index is 0.00000484. The first-order valence-electron chi connectivity index (χ1n) is 7.78. The Kier molecular flexibility index (Phi) is 10.2. The second-order valence-corrected chi connectivity index (χ2v) is 6.72. The van der Waals surface area contributed by atoms with E-state index in [2.05, 4.69) is 11.6 Å². The minimum Gasteiger partial charge on any atom is -0.493 e. The van der Waals surface area contributed by atoms with Gasteiger partial charge >= 0.3 is 0 Å². The summed E-state index contributed by atoms with van der Waals surface area (Å²) in [5, 5.41) is 0. The first-order chi connectivity index (χ1) is 10.3. The molecule has 5 nitrogen and oxygen atoms in total. The van der Waals surface area contributed by atoms with Gasteiger partial charge in [-0.3, -0.25) is 14.3 Å². The van der Waals surface area contributed by atoms with Crippen molar-refractivity contribution in [1.29, 1.82) is 0 Å². The van der Waals surface area contributed by atoms with Crippen molar-refractivity contribution in [3.05, 3.63) is 13.5 Å². The predicted molar refractivity (Wildman–Crippen MR) is 87.0 cm³/mol. The van der Waals surface area contributed by atoms with Gasteiger partial charge in [-0.15, -0.1) is 5.41 Å². The summed E-state index contributed by atoms with van der Waals surface area (Å²) in [5.74, 6) is 0.307. The fourth-order valence-electron chi connectivity index (χ4n) is 2.41. The number of likely N-dealkylation sites (tertiary alicyclic amines) is 1. The molecule has 0 atom stereocenters. The van der Waals surface area contributed by atoms with Crippen LogP contribution in [-0.4, -0.2) is 54.5 Å². The van der Waals surface area contributed by atoms with Gasteiger partial charge in [0.25, 0.3) is 0 Å². The van der Waals surface area contributed by atoms with Gasteiger partial charge in [-0.25, -0.2) is 6.54 Å². The molecule has 0 bridgehead atoms. The number of hydrogen-bond donors (Lipinski definition) is 1. The first kappa shape index (κ1) is 20.4. The van der Waals surface area contributed by atoms with Crippen molar-refractivity contribution in [2.24, 2.45) is 11.3 Å². The minimum atomic E-state index is -0.632. The molecule has 125 valence electrons. The summed E-state index contributed by atoms with van der Waals surface area (Å²) >= 11 is 1.42. The molecule has 0 aromatic heterocycles. The molecule has 2 amide bonds. The summed E-state index contributed by atoms with van der Waals surface area (Å²) < 4.78 is 10.1. The molecule has 1 rings (SSSR count). The Morgan fingerprint density at radius 3 is 2.64 bits per heavy atom. The molecule has 1 heterocycles. The third kappa shape index (κ3) is 7.76. The average Bonchev–Trinajstić information content (AvgIpc) is 2.43. The van der Waals surface area contributed by atoms with E-state index < -0.39 is 6.39 Å². The molecule has 1 saturated heterocycles. The zero-order valence-electron chi connectivity index (χ0n) is 14.8. The monoisotopic (exact) mass is 404 g/mol. The summed E-state index contributed by atoms with van der Waals surface area (Å²) in [5.41, 5.74) is -0.258. The van der Waals surface area contributed by atoms with Crippen LogP contribution in [0.2, 0.25) is 0 Å². The third-order valence-electron chi connectivity index (χ3n) is 3.63. The standard InChI is InChI=1S/C15H27N3O2S.Y/c1-13(2)10-18(14(20)9-16-21-4)11-15(3)5-7-17(12-19)8-6-15;/h10,12-13,16H,3,5-9,11H2,1-2,4H3;/q-2;/i12T;. The van der Waals surface area contributed by atoms with Gasteiger partial charge in [0, 0.05) is 45.8 Å². The average molecular weight is 404 g/mol. The van der Waals surface area contributed by atoms with Crippen molar-refractivity contribution in [1.82, 2.24) is 14.5 Å². The number of rotatable bonds is 7. The smallest absolute Gasteiger partial charge is 0.209 e. The van der Waals surface area contributed by atoms with E-state index in [1.807, 2.05) is 26.6 Å². The van der Waals surface area contributed by atoms with E-state index in [9.17, 15) is 9.59 Å². The zero-order chi connectivity index (χ0) is 16.8. The number of nitrogens with zero attached hydrogens (tertiary/aromatic N) is 2. The maximum atomic E-state index is 12.3. The Hall–Kier alpha value is 0.354. The maximum Gasteiger partial charge on any atom is 0.209 e. The van der Waals surface area contributed by atoms with Crippen LogP contribution >= 0.6 is 11.9 Å². The van der Waals surface area contributed by atoms with E-state index in [1.54, 1.807) is 4.90 Å². The van der Waals surface area contributed by atoms with Crippen molar-refractivity contribution < 1.29 is 43.7 Å². The number of piperidine rings is 1. The molecule has 7 heteroatoms. The molecule has 0 aromatic carbocycles. The van der Waals surface area contributed by atoms with Crippen LogP contribution in [0.4, 0.5) is 0 Å². The number of carbonyl (C=O) groups is 2. The SMILES string of the molecule is [3H]C(=O)N1CCC([CH2-])(CN([CH-]C(C)C)C(=O)CNSC)CC1.[Y]. The largest absolute Gasteiger partial charge is 0.493 e. The Morgan fingerprint density at radius 1 is 1.59 bits per heavy atom. The van der Waals surface area contributed by atoms with Crippen LogP contribution in [0.15, 0.2) is 0 Å².